The molecule has 2 heteroatoms. The SMILES string of the molecule is CCCNCC1CCC1N(C)CCC. The summed E-state index contributed by atoms with van der Waals surface area (Å²) in [7, 11) is 2.28. The molecule has 2 unspecified atom stereocenters. The lowest BCUT2D eigenvalue weighted by atomic mass is 9.78. The molecule has 0 aromatic heterocycles. The molecule has 0 radical (unpaired) electrons. The summed E-state index contributed by atoms with van der Waals surface area (Å²) in [6.07, 6.45) is 5.37. The van der Waals surface area contributed by atoms with Crippen molar-refractivity contribution in [2.24, 2.45) is 5.92 Å². The Hall–Kier alpha value is -0.0800. The van der Waals surface area contributed by atoms with E-state index in [9.17, 15) is 0 Å². The Morgan fingerprint density at radius 1 is 1.21 bits per heavy atom. The molecule has 0 aromatic carbocycles. The first kappa shape index (κ1) is 12.0. The number of hydrogen-bond donors (Lipinski definition) is 1. The topological polar surface area (TPSA) is 15.3 Å². The number of nitrogens with zero attached hydrogens (tertiary/aromatic N) is 1. The molecule has 1 rings (SSSR count). The van der Waals surface area contributed by atoms with Crippen LogP contribution in [0.4, 0.5) is 0 Å². The van der Waals surface area contributed by atoms with E-state index in [4.69, 9.17) is 0 Å². The van der Waals surface area contributed by atoms with Gasteiger partial charge in [-0.3, -0.25) is 0 Å². The van der Waals surface area contributed by atoms with Crippen LogP contribution in [0.25, 0.3) is 0 Å². The lowest BCUT2D eigenvalue weighted by Gasteiger charge is -2.43. The maximum Gasteiger partial charge on any atom is 0.0133 e. The quantitative estimate of drug-likeness (QED) is 0.630. The molecule has 0 aliphatic heterocycles. The molecule has 14 heavy (non-hydrogen) atoms. The minimum Gasteiger partial charge on any atom is -0.316 e. The van der Waals surface area contributed by atoms with Crippen LogP contribution in [0.5, 0.6) is 0 Å². The minimum atomic E-state index is 0.860. The monoisotopic (exact) mass is 198 g/mol. The molecule has 1 fully saturated rings. The Balaban J connectivity index is 2.14. The number of hydrogen-bond acceptors (Lipinski definition) is 2. The van der Waals surface area contributed by atoms with Gasteiger partial charge in [0.25, 0.3) is 0 Å². The Morgan fingerprint density at radius 2 is 2.00 bits per heavy atom. The zero-order valence-electron chi connectivity index (χ0n) is 10.1. The largest absolute Gasteiger partial charge is 0.316 e. The zero-order valence-corrected chi connectivity index (χ0v) is 10.1. The smallest absolute Gasteiger partial charge is 0.0133 e. The highest BCUT2D eigenvalue weighted by Gasteiger charge is 2.32. The predicted molar refractivity (Wildman–Crippen MR) is 62.6 cm³/mol. The maximum absolute atomic E-state index is 3.54. The molecule has 0 aromatic rings. The Kier molecular flexibility index (Phi) is 5.49. The van der Waals surface area contributed by atoms with E-state index in [1.54, 1.807) is 0 Å². The van der Waals surface area contributed by atoms with Crippen molar-refractivity contribution in [3.8, 4) is 0 Å². The molecule has 2 nitrogen and oxygen atoms in total. The van der Waals surface area contributed by atoms with Gasteiger partial charge in [-0.15, -0.1) is 0 Å². The van der Waals surface area contributed by atoms with E-state index in [1.807, 2.05) is 0 Å². The van der Waals surface area contributed by atoms with Gasteiger partial charge in [-0.05, 0) is 58.3 Å². The van der Waals surface area contributed by atoms with Gasteiger partial charge in [-0.2, -0.15) is 0 Å². The molecule has 0 amide bonds. The van der Waals surface area contributed by atoms with Crippen LogP contribution in [0.15, 0.2) is 0 Å². The summed E-state index contributed by atoms with van der Waals surface area (Å²) in [5, 5.41) is 3.54. The van der Waals surface area contributed by atoms with Gasteiger partial charge >= 0.3 is 0 Å². The van der Waals surface area contributed by atoms with Crippen LogP contribution in [0.3, 0.4) is 0 Å². The highest BCUT2D eigenvalue weighted by atomic mass is 15.1. The summed E-state index contributed by atoms with van der Waals surface area (Å²) in [6.45, 7) is 8.16. The second-order valence-electron chi connectivity index (χ2n) is 4.59. The molecule has 0 saturated heterocycles. The number of rotatable bonds is 7. The highest BCUT2D eigenvalue weighted by molar-refractivity contribution is 4.88. The first-order valence-corrected chi connectivity index (χ1v) is 6.20. The van der Waals surface area contributed by atoms with Crippen molar-refractivity contribution in [1.29, 1.82) is 0 Å². The van der Waals surface area contributed by atoms with Gasteiger partial charge in [0.2, 0.25) is 0 Å². The number of nitrogens with one attached hydrogen (secondary N) is 1. The second-order valence-corrected chi connectivity index (χ2v) is 4.59. The Morgan fingerprint density at radius 3 is 2.50 bits per heavy atom. The fraction of sp³-hybridized carbons (Fsp3) is 1.00. The third kappa shape index (κ3) is 3.25. The lowest BCUT2D eigenvalue weighted by Crippen LogP contribution is -2.49. The van der Waals surface area contributed by atoms with Crippen molar-refractivity contribution < 1.29 is 0 Å². The van der Waals surface area contributed by atoms with Crippen LogP contribution >= 0.6 is 0 Å². The van der Waals surface area contributed by atoms with E-state index in [0.717, 1.165) is 12.0 Å². The summed E-state index contributed by atoms with van der Waals surface area (Å²) in [5.74, 6) is 0.915. The fourth-order valence-corrected chi connectivity index (χ4v) is 2.35. The summed E-state index contributed by atoms with van der Waals surface area (Å²) < 4.78 is 0. The second kappa shape index (κ2) is 6.41. The summed E-state index contributed by atoms with van der Waals surface area (Å²) >= 11 is 0. The van der Waals surface area contributed by atoms with E-state index >= 15 is 0 Å². The van der Waals surface area contributed by atoms with Crippen LogP contribution in [-0.4, -0.2) is 37.6 Å². The lowest BCUT2D eigenvalue weighted by molar-refractivity contribution is 0.0841. The molecule has 1 N–H and O–H groups in total. The summed E-state index contributed by atoms with van der Waals surface area (Å²) in [4.78, 5) is 2.54. The third-order valence-electron chi connectivity index (χ3n) is 3.35. The van der Waals surface area contributed by atoms with Crippen LogP contribution in [0.1, 0.15) is 39.5 Å². The fourth-order valence-electron chi connectivity index (χ4n) is 2.35. The molecule has 1 aliphatic rings. The van der Waals surface area contributed by atoms with Gasteiger partial charge < -0.3 is 10.2 Å². The van der Waals surface area contributed by atoms with Crippen molar-refractivity contribution >= 4 is 0 Å². The standard InChI is InChI=1S/C12H26N2/c1-4-8-13-10-11-6-7-12(11)14(3)9-5-2/h11-13H,4-10H2,1-3H3. The molecule has 84 valence electrons. The Labute approximate surface area is 89.1 Å². The Bertz CT molecular complexity index is 147. The zero-order chi connectivity index (χ0) is 10.4. The van der Waals surface area contributed by atoms with Gasteiger partial charge in [-0.1, -0.05) is 13.8 Å². The summed E-state index contributed by atoms with van der Waals surface area (Å²) in [5.41, 5.74) is 0. The van der Waals surface area contributed by atoms with Gasteiger partial charge in [0.1, 0.15) is 0 Å². The third-order valence-corrected chi connectivity index (χ3v) is 3.35. The van der Waals surface area contributed by atoms with E-state index < -0.39 is 0 Å². The maximum atomic E-state index is 3.54. The summed E-state index contributed by atoms with van der Waals surface area (Å²) in [6, 6.07) is 0.860. The van der Waals surface area contributed by atoms with Gasteiger partial charge in [0.05, 0.1) is 0 Å². The van der Waals surface area contributed by atoms with Gasteiger partial charge in [0.15, 0.2) is 0 Å². The van der Waals surface area contributed by atoms with Crippen LogP contribution < -0.4 is 5.32 Å². The van der Waals surface area contributed by atoms with Gasteiger partial charge in [-0.25, -0.2) is 0 Å². The molecule has 2 atom stereocenters. The van der Waals surface area contributed by atoms with Crippen molar-refractivity contribution in [3.05, 3.63) is 0 Å². The molecule has 1 aliphatic carbocycles. The van der Waals surface area contributed by atoms with E-state index in [2.05, 4.69) is 31.1 Å². The minimum absolute atomic E-state index is 0.860. The van der Waals surface area contributed by atoms with Crippen molar-refractivity contribution in [2.75, 3.05) is 26.7 Å². The average Bonchev–Trinajstić information content (AvgIpc) is 2.11. The average molecular weight is 198 g/mol. The first-order chi connectivity index (χ1) is 6.79. The molecule has 0 heterocycles. The van der Waals surface area contributed by atoms with E-state index in [-0.39, 0.29) is 0 Å². The molecule has 0 bridgehead atoms. The molecular weight excluding hydrogens is 172 g/mol. The van der Waals surface area contributed by atoms with Crippen LogP contribution in [0.2, 0.25) is 0 Å². The van der Waals surface area contributed by atoms with Gasteiger partial charge in [0, 0.05) is 6.04 Å². The van der Waals surface area contributed by atoms with Crippen LogP contribution in [-0.2, 0) is 0 Å². The predicted octanol–water partition coefficient (Wildman–Crippen LogP) is 2.11. The van der Waals surface area contributed by atoms with E-state index in [1.165, 1.54) is 45.3 Å². The first-order valence-electron chi connectivity index (χ1n) is 6.20. The van der Waals surface area contributed by atoms with Crippen molar-refractivity contribution in [1.82, 2.24) is 10.2 Å². The van der Waals surface area contributed by atoms with E-state index in [0.29, 0.717) is 0 Å². The van der Waals surface area contributed by atoms with Crippen molar-refractivity contribution in [2.45, 2.75) is 45.6 Å². The molecule has 1 saturated carbocycles. The molecule has 0 spiro atoms. The highest BCUT2D eigenvalue weighted by Crippen LogP contribution is 2.30. The normalized spacial score (nSPS) is 26.6. The molecular formula is C12H26N2. The van der Waals surface area contributed by atoms with Crippen LogP contribution in [0, 0.1) is 5.92 Å². The van der Waals surface area contributed by atoms with Crippen molar-refractivity contribution in [3.63, 3.8) is 0 Å².